The molecule has 13 heavy (non-hydrogen) atoms. The molecule has 0 atom stereocenters. The normalized spacial score (nSPS) is 10.5. The van der Waals surface area contributed by atoms with Gasteiger partial charge >= 0.3 is 0 Å². The van der Waals surface area contributed by atoms with Gasteiger partial charge in [0.1, 0.15) is 0 Å². The SMILES string of the molecule is C=CCc1cc2cc(C)ccc2[nH]1. The van der Waals surface area contributed by atoms with Gasteiger partial charge in [0.25, 0.3) is 0 Å². The predicted octanol–water partition coefficient (Wildman–Crippen LogP) is 3.20. The van der Waals surface area contributed by atoms with E-state index in [9.17, 15) is 0 Å². The average Bonchev–Trinajstić information content (AvgIpc) is 2.46. The molecular weight excluding hydrogens is 158 g/mol. The lowest BCUT2D eigenvalue weighted by molar-refractivity contribution is 1.17. The topological polar surface area (TPSA) is 15.8 Å². The molecule has 66 valence electrons. The molecule has 0 saturated heterocycles. The summed E-state index contributed by atoms with van der Waals surface area (Å²) < 4.78 is 0. The number of H-pyrrole nitrogens is 1. The van der Waals surface area contributed by atoms with Gasteiger partial charge in [-0.1, -0.05) is 17.7 Å². The fourth-order valence-corrected chi connectivity index (χ4v) is 1.58. The Labute approximate surface area is 78.1 Å². The second kappa shape index (κ2) is 3.09. The largest absolute Gasteiger partial charge is 0.358 e. The van der Waals surface area contributed by atoms with Crippen LogP contribution in [0.1, 0.15) is 11.3 Å². The van der Waals surface area contributed by atoms with Gasteiger partial charge < -0.3 is 4.98 Å². The van der Waals surface area contributed by atoms with Crippen molar-refractivity contribution >= 4 is 10.9 Å². The van der Waals surface area contributed by atoms with E-state index in [0.29, 0.717) is 0 Å². The van der Waals surface area contributed by atoms with E-state index in [0.717, 1.165) is 6.42 Å². The molecule has 2 aromatic rings. The van der Waals surface area contributed by atoms with Gasteiger partial charge in [-0.15, -0.1) is 6.58 Å². The van der Waals surface area contributed by atoms with Crippen LogP contribution in [0.5, 0.6) is 0 Å². The molecule has 0 amide bonds. The van der Waals surface area contributed by atoms with Crippen molar-refractivity contribution in [2.45, 2.75) is 13.3 Å². The first-order chi connectivity index (χ1) is 6.29. The molecule has 1 heteroatoms. The van der Waals surface area contributed by atoms with E-state index in [4.69, 9.17) is 0 Å². The van der Waals surface area contributed by atoms with Gasteiger partial charge in [-0.2, -0.15) is 0 Å². The highest BCUT2D eigenvalue weighted by molar-refractivity contribution is 5.81. The molecule has 1 N–H and O–H groups in total. The van der Waals surface area contributed by atoms with Crippen LogP contribution in [0.2, 0.25) is 0 Å². The van der Waals surface area contributed by atoms with Crippen LogP contribution in [-0.2, 0) is 6.42 Å². The Morgan fingerprint density at radius 1 is 1.38 bits per heavy atom. The van der Waals surface area contributed by atoms with Gasteiger partial charge in [-0.05, 0) is 30.5 Å². The molecule has 1 heterocycles. The maximum atomic E-state index is 3.72. The number of benzene rings is 1. The molecule has 0 fully saturated rings. The Hall–Kier alpha value is -1.50. The summed E-state index contributed by atoms with van der Waals surface area (Å²) in [5.41, 5.74) is 3.75. The van der Waals surface area contributed by atoms with Crippen molar-refractivity contribution in [2.24, 2.45) is 0 Å². The molecule has 0 spiro atoms. The third-order valence-electron chi connectivity index (χ3n) is 2.20. The van der Waals surface area contributed by atoms with E-state index in [1.165, 1.54) is 22.2 Å². The number of aryl methyl sites for hydroxylation is 1. The van der Waals surface area contributed by atoms with Crippen LogP contribution in [0, 0.1) is 6.92 Å². The van der Waals surface area contributed by atoms with Gasteiger partial charge in [-0.25, -0.2) is 0 Å². The molecule has 1 aromatic heterocycles. The summed E-state index contributed by atoms with van der Waals surface area (Å²) >= 11 is 0. The Kier molecular flexibility index (Phi) is 1.93. The number of allylic oxidation sites excluding steroid dienone is 1. The van der Waals surface area contributed by atoms with Crippen molar-refractivity contribution in [3.8, 4) is 0 Å². The first-order valence-corrected chi connectivity index (χ1v) is 4.49. The number of aromatic nitrogens is 1. The number of nitrogens with one attached hydrogen (secondary N) is 1. The van der Waals surface area contributed by atoms with Crippen molar-refractivity contribution in [3.05, 3.63) is 48.2 Å². The number of hydrogen-bond donors (Lipinski definition) is 1. The van der Waals surface area contributed by atoms with E-state index in [1.807, 2.05) is 6.08 Å². The molecule has 0 radical (unpaired) electrons. The van der Waals surface area contributed by atoms with E-state index < -0.39 is 0 Å². The van der Waals surface area contributed by atoms with E-state index in [-0.39, 0.29) is 0 Å². The van der Waals surface area contributed by atoms with Gasteiger partial charge in [0.2, 0.25) is 0 Å². The van der Waals surface area contributed by atoms with Crippen molar-refractivity contribution in [1.29, 1.82) is 0 Å². The van der Waals surface area contributed by atoms with Crippen LogP contribution in [-0.4, -0.2) is 4.98 Å². The lowest BCUT2D eigenvalue weighted by Gasteiger charge is -1.90. The summed E-state index contributed by atoms with van der Waals surface area (Å²) in [5.74, 6) is 0. The zero-order valence-corrected chi connectivity index (χ0v) is 7.80. The third kappa shape index (κ3) is 1.50. The monoisotopic (exact) mass is 171 g/mol. The lowest BCUT2D eigenvalue weighted by atomic mass is 10.2. The highest BCUT2D eigenvalue weighted by Gasteiger charge is 1.98. The van der Waals surface area contributed by atoms with Crippen LogP contribution in [0.15, 0.2) is 36.9 Å². The molecule has 1 nitrogen and oxygen atoms in total. The highest BCUT2D eigenvalue weighted by Crippen LogP contribution is 2.17. The van der Waals surface area contributed by atoms with Gasteiger partial charge in [0.05, 0.1) is 0 Å². The molecular formula is C12H13N. The zero-order chi connectivity index (χ0) is 9.26. The fraction of sp³-hybridized carbons (Fsp3) is 0.167. The minimum atomic E-state index is 0.910. The predicted molar refractivity (Wildman–Crippen MR) is 56.9 cm³/mol. The smallest absolute Gasteiger partial charge is 0.0456 e. The summed E-state index contributed by atoms with van der Waals surface area (Å²) in [6.45, 7) is 5.83. The van der Waals surface area contributed by atoms with Crippen LogP contribution in [0.25, 0.3) is 10.9 Å². The fourth-order valence-electron chi connectivity index (χ4n) is 1.58. The molecule has 1 aromatic carbocycles. The van der Waals surface area contributed by atoms with Crippen molar-refractivity contribution in [1.82, 2.24) is 4.98 Å². The molecule has 0 unspecified atom stereocenters. The lowest BCUT2D eigenvalue weighted by Crippen LogP contribution is -1.76. The molecule has 0 aliphatic carbocycles. The van der Waals surface area contributed by atoms with E-state index in [2.05, 4.69) is 42.8 Å². The quantitative estimate of drug-likeness (QED) is 0.668. The number of fused-ring (bicyclic) bond motifs is 1. The van der Waals surface area contributed by atoms with Gasteiger partial charge in [-0.3, -0.25) is 0 Å². The Bertz CT molecular complexity index is 437. The second-order valence-corrected chi connectivity index (χ2v) is 3.38. The zero-order valence-electron chi connectivity index (χ0n) is 7.80. The first kappa shape index (κ1) is 8.11. The van der Waals surface area contributed by atoms with Crippen LogP contribution in [0.4, 0.5) is 0 Å². The number of hydrogen-bond acceptors (Lipinski definition) is 0. The van der Waals surface area contributed by atoms with Gasteiger partial charge in [0.15, 0.2) is 0 Å². The molecule has 2 rings (SSSR count). The minimum Gasteiger partial charge on any atom is -0.358 e. The van der Waals surface area contributed by atoms with Crippen molar-refractivity contribution in [3.63, 3.8) is 0 Å². The molecule has 0 saturated carbocycles. The second-order valence-electron chi connectivity index (χ2n) is 3.38. The van der Waals surface area contributed by atoms with Gasteiger partial charge in [0, 0.05) is 17.6 Å². The summed E-state index contributed by atoms with van der Waals surface area (Å²) in [5, 5.41) is 1.29. The minimum absolute atomic E-state index is 0.910. The van der Waals surface area contributed by atoms with E-state index in [1.54, 1.807) is 0 Å². The van der Waals surface area contributed by atoms with Crippen LogP contribution in [0.3, 0.4) is 0 Å². The summed E-state index contributed by atoms with van der Waals surface area (Å²) in [6.07, 6.45) is 2.82. The standard InChI is InChI=1S/C12H13N/c1-3-4-11-8-10-7-9(2)5-6-12(10)13-11/h3,5-8,13H,1,4H2,2H3. The maximum Gasteiger partial charge on any atom is 0.0456 e. The maximum absolute atomic E-state index is 3.72. The average molecular weight is 171 g/mol. The molecule has 0 bridgehead atoms. The van der Waals surface area contributed by atoms with Crippen LogP contribution >= 0.6 is 0 Å². The highest BCUT2D eigenvalue weighted by atomic mass is 14.7. The first-order valence-electron chi connectivity index (χ1n) is 4.49. The Balaban J connectivity index is 2.55. The van der Waals surface area contributed by atoms with E-state index >= 15 is 0 Å². The summed E-state index contributed by atoms with van der Waals surface area (Å²) in [7, 11) is 0. The van der Waals surface area contributed by atoms with Crippen LogP contribution < -0.4 is 0 Å². The van der Waals surface area contributed by atoms with Crippen molar-refractivity contribution < 1.29 is 0 Å². The Morgan fingerprint density at radius 3 is 3.00 bits per heavy atom. The summed E-state index contributed by atoms with van der Waals surface area (Å²) in [4.78, 5) is 3.35. The third-order valence-corrected chi connectivity index (χ3v) is 2.20. The number of rotatable bonds is 2. The molecule has 0 aliphatic rings. The summed E-state index contributed by atoms with van der Waals surface area (Å²) in [6, 6.07) is 8.62. The Morgan fingerprint density at radius 2 is 2.23 bits per heavy atom. The molecule has 0 aliphatic heterocycles. The van der Waals surface area contributed by atoms with Crippen molar-refractivity contribution in [2.75, 3.05) is 0 Å². The number of aromatic amines is 1.